The zero-order chi connectivity index (χ0) is 41.1. The molecule has 2 fully saturated rings. The molecule has 10 atom stereocenters. The van der Waals surface area contributed by atoms with Crippen molar-refractivity contribution in [3.8, 4) is 5.75 Å². The van der Waals surface area contributed by atoms with Crippen LogP contribution in [0.4, 0.5) is 0 Å². The number of carbonyl (C=O) groups is 7. The molecule has 2 saturated heterocycles. The Morgan fingerprint density at radius 2 is 1.41 bits per heavy atom. The minimum atomic E-state index is -1.59. The minimum absolute atomic E-state index is 0.0208. The van der Waals surface area contributed by atoms with E-state index in [-0.39, 0.29) is 30.6 Å². The van der Waals surface area contributed by atoms with Crippen molar-refractivity contribution in [3.63, 3.8) is 0 Å². The highest BCUT2D eigenvalue weighted by molar-refractivity contribution is 5.89. The molecule has 0 aliphatic carbocycles. The molecule has 0 amide bonds. The van der Waals surface area contributed by atoms with Crippen LogP contribution in [-0.4, -0.2) is 105 Å². The summed E-state index contributed by atoms with van der Waals surface area (Å²) in [6.45, 7) is 9.24. The molecule has 0 bridgehead atoms. The van der Waals surface area contributed by atoms with Crippen LogP contribution in [0.25, 0.3) is 0 Å². The fourth-order valence-electron chi connectivity index (χ4n) is 6.92. The predicted molar refractivity (Wildman–Crippen MR) is 189 cm³/mol. The predicted octanol–water partition coefficient (Wildman–Crippen LogP) is 2.98. The second-order valence-electron chi connectivity index (χ2n) is 13.5. The Labute approximate surface area is 323 Å². The van der Waals surface area contributed by atoms with Crippen molar-refractivity contribution >= 4 is 41.6 Å². The van der Waals surface area contributed by atoms with Gasteiger partial charge in [-0.2, -0.15) is 0 Å². The van der Waals surface area contributed by atoms with Crippen molar-refractivity contribution in [2.24, 2.45) is 11.8 Å². The maximum Gasteiger partial charge on any atom is 0.337 e. The van der Waals surface area contributed by atoms with Gasteiger partial charge in [0.15, 0.2) is 18.3 Å². The molecule has 3 aliphatic rings. The number of methoxy groups -OCH3 is 1. The lowest BCUT2D eigenvalue weighted by Gasteiger charge is -2.46. The van der Waals surface area contributed by atoms with Gasteiger partial charge in [0.25, 0.3) is 0 Å². The first-order valence-corrected chi connectivity index (χ1v) is 18.0. The topological polar surface area (TPSA) is 212 Å². The lowest BCUT2D eigenvalue weighted by atomic mass is 9.78. The molecule has 0 unspecified atom stereocenters. The van der Waals surface area contributed by atoms with Gasteiger partial charge in [-0.05, 0) is 37.0 Å². The van der Waals surface area contributed by atoms with E-state index in [0.29, 0.717) is 18.6 Å². The monoisotopic (exact) mass is 788 g/mol. The Balaban J connectivity index is 1.58. The Morgan fingerprint density at radius 3 is 2.00 bits per heavy atom. The number of rotatable bonds is 15. The highest BCUT2D eigenvalue weighted by atomic mass is 16.8. The molecule has 17 nitrogen and oxygen atoms in total. The molecule has 0 aromatic heterocycles. The molecule has 1 aromatic rings. The van der Waals surface area contributed by atoms with Crippen LogP contribution in [0.2, 0.25) is 0 Å². The van der Waals surface area contributed by atoms with E-state index in [9.17, 15) is 33.6 Å². The zero-order valence-electron chi connectivity index (χ0n) is 32.1. The lowest BCUT2D eigenvalue weighted by molar-refractivity contribution is -0.342. The van der Waals surface area contributed by atoms with Crippen LogP contribution >= 0.6 is 0 Å². The highest BCUT2D eigenvalue weighted by Gasteiger charge is 2.54. The number of ketones is 1. The van der Waals surface area contributed by atoms with Gasteiger partial charge in [0.1, 0.15) is 24.2 Å². The van der Waals surface area contributed by atoms with Crippen molar-refractivity contribution in [3.05, 3.63) is 54.3 Å². The second kappa shape index (κ2) is 20.2. The molecule has 0 N–H and O–H groups in total. The van der Waals surface area contributed by atoms with Gasteiger partial charge in [-0.1, -0.05) is 18.2 Å². The van der Waals surface area contributed by atoms with Crippen LogP contribution in [0.15, 0.2) is 48.8 Å². The first kappa shape index (κ1) is 43.6. The normalized spacial score (nSPS) is 28.7. The number of ether oxygens (including phenoxy) is 10. The summed E-state index contributed by atoms with van der Waals surface area (Å²) >= 11 is 0. The number of Topliss-reactive ketones (excluding diaryl/α,β-unsaturated/α-hetero) is 1. The smallest absolute Gasteiger partial charge is 0.337 e. The first-order valence-electron chi connectivity index (χ1n) is 18.0. The summed E-state index contributed by atoms with van der Waals surface area (Å²) < 4.78 is 56.5. The molecule has 4 rings (SSSR count). The molecule has 1 aromatic carbocycles. The SMILES string of the molecule is C=C[C@H]1[C@H](O[C@@H]2O[C@H](COC(C)=O)[C@@H](OC(C)=O)[C@H](OC(C)=O)[C@H]2OC(C)=O)OC=C(C(=O)OC)[C@H]1C[C@@H]1CC(=O)C[C@H](CCc2ccc(OC(C)=O)cc2)O1. The number of carbonyl (C=O) groups excluding carboxylic acids is 7. The van der Waals surface area contributed by atoms with Crippen LogP contribution in [0.1, 0.15) is 65.9 Å². The maximum absolute atomic E-state index is 13.1. The molecule has 0 radical (unpaired) electrons. The summed E-state index contributed by atoms with van der Waals surface area (Å²) in [6.07, 6.45) is -5.49. The Hall–Kier alpha value is -5.13. The summed E-state index contributed by atoms with van der Waals surface area (Å²) in [5, 5.41) is 0. The average Bonchev–Trinajstić information content (AvgIpc) is 3.11. The van der Waals surface area contributed by atoms with Gasteiger partial charge in [0, 0.05) is 59.3 Å². The van der Waals surface area contributed by atoms with E-state index in [2.05, 4.69) is 6.58 Å². The number of aryl methyl sites for hydroxylation is 1. The zero-order valence-corrected chi connectivity index (χ0v) is 32.1. The van der Waals surface area contributed by atoms with Crippen molar-refractivity contribution < 1.29 is 80.9 Å². The van der Waals surface area contributed by atoms with E-state index in [0.717, 1.165) is 39.5 Å². The van der Waals surface area contributed by atoms with E-state index < -0.39 is 103 Å². The Bertz CT molecular complexity index is 1650. The number of hydrogen-bond donors (Lipinski definition) is 0. The molecular formula is C39H48O17. The van der Waals surface area contributed by atoms with E-state index >= 15 is 0 Å². The molecule has 3 heterocycles. The summed E-state index contributed by atoms with van der Waals surface area (Å²) in [5.41, 5.74) is 1.07. The van der Waals surface area contributed by atoms with Crippen molar-refractivity contribution in [1.29, 1.82) is 0 Å². The van der Waals surface area contributed by atoms with Crippen molar-refractivity contribution in [2.75, 3.05) is 13.7 Å². The minimum Gasteiger partial charge on any atom is -0.471 e. The van der Waals surface area contributed by atoms with E-state index in [4.69, 9.17) is 47.4 Å². The molecule has 0 saturated carbocycles. The quantitative estimate of drug-likeness (QED) is 0.108. The van der Waals surface area contributed by atoms with Gasteiger partial charge in [0.2, 0.25) is 12.6 Å². The van der Waals surface area contributed by atoms with Gasteiger partial charge in [-0.15, -0.1) is 6.58 Å². The van der Waals surface area contributed by atoms with E-state index in [1.54, 1.807) is 12.1 Å². The number of hydrogen-bond acceptors (Lipinski definition) is 17. The van der Waals surface area contributed by atoms with E-state index in [1.165, 1.54) is 20.1 Å². The largest absolute Gasteiger partial charge is 0.471 e. The fourth-order valence-corrected chi connectivity index (χ4v) is 6.92. The number of benzene rings is 1. The molecule has 17 heteroatoms. The van der Waals surface area contributed by atoms with Crippen molar-refractivity contribution in [2.45, 2.75) is 116 Å². The van der Waals surface area contributed by atoms with Crippen LogP contribution in [0.3, 0.4) is 0 Å². The fraction of sp³-hybridized carbons (Fsp3) is 0.564. The van der Waals surface area contributed by atoms with Crippen LogP contribution in [0, 0.1) is 11.8 Å². The molecule has 56 heavy (non-hydrogen) atoms. The molecular weight excluding hydrogens is 740 g/mol. The third-order valence-electron chi connectivity index (χ3n) is 9.17. The van der Waals surface area contributed by atoms with E-state index in [1.807, 2.05) is 12.1 Å². The summed E-state index contributed by atoms with van der Waals surface area (Å²) in [6, 6.07) is 7.04. The van der Waals surface area contributed by atoms with Crippen LogP contribution in [0.5, 0.6) is 5.75 Å². The van der Waals surface area contributed by atoms with Crippen molar-refractivity contribution in [1.82, 2.24) is 0 Å². The van der Waals surface area contributed by atoms with Gasteiger partial charge in [-0.25, -0.2) is 4.79 Å². The maximum atomic E-state index is 13.1. The molecule has 306 valence electrons. The standard InChI is InChI=1S/C39H48O17/c1-8-30-31(17-29-16-26(45)15-28(54-29)14-11-25-9-12-27(13-10-25)50-21(3)41)32(37(46)47-7)18-49-38(30)56-39-36(53-24(6)44)35(52-23(5)43)34(51-22(4)42)33(55-39)19-48-20(2)40/h8-10,12-13,18,28-31,33-36,38-39H,1,11,14-17,19H2,2-7H3/t28-,29-,30+,31-,33+,34+,35-,36+,38-,39-/m0/s1. The Kier molecular flexibility index (Phi) is 15.7. The summed E-state index contributed by atoms with van der Waals surface area (Å²) in [7, 11) is 1.21. The van der Waals surface area contributed by atoms with Gasteiger partial charge in [-0.3, -0.25) is 28.8 Å². The van der Waals surface area contributed by atoms with Crippen LogP contribution in [-0.2, 0) is 82.6 Å². The van der Waals surface area contributed by atoms with Gasteiger partial charge < -0.3 is 47.4 Å². The molecule has 0 spiro atoms. The van der Waals surface area contributed by atoms with Crippen LogP contribution < -0.4 is 4.74 Å². The Morgan fingerprint density at radius 1 is 0.786 bits per heavy atom. The first-order chi connectivity index (χ1) is 26.6. The summed E-state index contributed by atoms with van der Waals surface area (Å²) in [5.74, 6) is -5.44. The lowest BCUT2D eigenvalue weighted by Crippen LogP contribution is -2.63. The second-order valence-corrected chi connectivity index (χ2v) is 13.5. The highest BCUT2D eigenvalue weighted by Crippen LogP contribution is 2.40. The number of esters is 6. The summed E-state index contributed by atoms with van der Waals surface area (Å²) in [4.78, 5) is 85.9. The average molecular weight is 789 g/mol. The molecule has 3 aliphatic heterocycles. The third-order valence-corrected chi connectivity index (χ3v) is 9.17. The third kappa shape index (κ3) is 12.2. The van der Waals surface area contributed by atoms with Gasteiger partial charge in [0.05, 0.1) is 31.2 Å². The van der Waals surface area contributed by atoms with Gasteiger partial charge >= 0.3 is 35.8 Å².